The van der Waals surface area contributed by atoms with Gasteiger partial charge < -0.3 is 39.7 Å². The van der Waals surface area contributed by atoms with Crippen LogP contribution in [0.5, 0.6) is 0 Å². The predicted molar refractivity (Wildman–Crippen MR) is 443 cm³/mol. The number of aliphatic hydroxyl groups excluding tert-OH is 3. The molecule has 10 nitrogen and oxygen atoms in total. The molecule has 3 heterocycles. The lowest BCUT2D eigenvalue weighted by molar-refractivity contribution is 0.0240. The Morgan fingerprint density at radius 3 is 0.903 bits per heavy atom. The van der Waals surface area contributed by atoms with Crippen molar-refractivity contribution in [2.75, 3.05) is 100.0 Å². The van der Waals surface area contributed by atoms with E-state index >= 15 is 0 Å². The molecule has 0 bridgehead atoms. The van der Waals surface area contributed by atoms with Crippen molar-refractivity contribution in [2.24, 2.45) is 0 Å². The molecule has 538 valence electrons. The average Bonchev–Trinajstić information content (AvgIpc) is 0.807. The third-order valence-corrected chi connectivity index (χ3v) is 20.9. The maximum atomic E-state index is 12.4. The molecule has 0 aromatic heterocycles. The van der Waals surface area contributed by atoms with Crippen molar-refractivity contribution in [3.8, 4) is 0 Å². The van der Waals surface area contributed by atoms with E-state index in [4.69, 9.17) is 4.74 Å². The van der Waals surface area contributed by atoms with E-state index in [0.717, 1.165) is 115 Å². The Balaban J connectivity index is 0.000000167. The number of ether oxygens (including phenoxy) is 1. The van der Waals surface area contributed by atoms with E-state index in [0.29, 0.717) is 25.6 Å². The van der Waals surface area contributed by atoms with Crippen LogP contribution in [0.2, 0.25) is 0 Å². The van der Waals surface area contributed by atoms with Crippen molar-refractivity contribution in [3.05, 3.63) is 300 Å². The molecule has 0 radical (unpaired) electrons. The zero-order valence-electron chi connectivity index (χ0n) is 60.7. The molecule has 0 saturated carbocycles. The summed E-state index contributed by atoms with van der Waals surface area (Å²) in [6.07, 6.45) is 8.29. The van der Waals surface area contributed by atoms with Crippen molar-refractivity contribution in [3.63, 3.8) is 0 Å². The third-order valence-electron chi connectivity index (χ3n) is 19.3. The lowest BCUT2D eigenvalue weighted by atomic mass is 9.87. The molecule has 9 aromatic carbocycles. The summed E-state index contributed by atoms with van der Waals surface area (Å²) in [4.78, 5) is 24.1. The number of carbonyl (C=O) groups is 1. The number of benzene rings is 9. The summed E-state index contributed by atoms with van der Waals surface area (Å²) >= 11 is 10.7. The quantitative estimate of drug-likeness (QED) is 0.0573. The van der Waals surface area contributed by atoms with Crippen LogP contribution in [-0.2, 0) is 4.74 Å². The van der Waals surface area contributed by atoms with Crippen LogP contribution in [0, 0.1) is 0 Å². The van der Waals surface area contributed by atoms with Gasteiger partial charge in [-0.3, -0.25) is 4.90 Å². The van der Waals surface area contributed by atoms with Crippen molar-refractivity contribution in [1.82, 2.24) is 9.80 Å². The first-order valence-corrected chi connectivity index (χ1v) is 39.2. The summed E-state index contributed by atoms with van der Waals surface area (Å²) in [5, 5.41) is 28.8. The largest absolute Gasteiger partial charge is 0.444 e. The second-order valence-corrected chi connectivity index (χ2v) is 30.7. The molecule has 3 aliphatic rings. The molecule has 0 spiro atoms. The second-order valence-electron chi connectivity index (χ2n) is 27.9. The van der Waals surface area contributed by atoms with Gasteiger partial charge in [0, 0.05) is 122 Å². The van der Waals surface area contributed by atoms with Gasteiger partial charge in [-0.05, 0) is 249 Å². The van der Waals surface area contributed by atoms with Gasteiger partial charge in [0.25, 0.3) is 0 Å². The normalized spacial score (nSPS) is 15.1. The van der Waals surface area contributed by atoms with Crippen LogP contribution in [-0.4, -0.2) is 128 Å². The van der Waals surface area contributed by atoms with Gasteiger partial charge in [0.1, 0.15) is 5.60 Å². The highest BCUT2D eigenvalue weighted by atomic mass is 79.9. The molecule has 3 fully saturated rings. The fraction of sp³-hybridized carbons (Fsp3) is 0.322. The molecule has 3 N–H and O–H groups in total. The van der Waals surface area contributed by atoms with E-state index in [1.165, 1.54) is 103 Å². The van der Waals surface area contributed by atoms with Crippen LogP contribution in [0.1, 0.15) is 142 Å². The standard InChI is InChI=1S/C32H37BrN2O3.C30H35BrN2O.C28H30BrNO/c1-32(2,3)38-31(37)35-21-19-34(20-22-35)28-17-13-26(14-18-28)30(25-11-15-27(33)16-12-25)29(10-7-23-36)24-8-5-4-6-9-24;1-23(2)32-18-20-33(21-19-32)28-16-12-26(13-17-28)30(25-10-14-27(31)15-11-25)29(9-6-22-34)24-7-4-3-5-8-24;29-25-15-11-23(12-16-25)28(27(10-7-21-31)22-8-3-1-4-9-22)24-13-17-26(18-14-24)30-19-5-2-6-20-30/h4-6,8-9,11-18,36H,7,10,19-23H2,1-3H3;3-5,7-8,10-17,23,34H,6,9,18-22H2,1-2H3;1,3-4,8-9,11-18,31H,2,5-7,10,19-21H2/b2*30-29-;28-27-. The Bertz CT molecular complexity index is 4140. The zero-order chi connectivity index (χ0) is 72.5. The van der Waals surface area contributed by atoms with Gasteiger partial charge >= 0.3 is 6.09 Å². The van der Waals surface area contributed by atoms with Gasteiger partial charge in [-0.2, -0.15) is 0 Å². The molecule has 0 unspecified atom stereocenters. The minimum absolute atomic E-state index is 0.151. The summed E-state index contributed by atoms with van der Waals surface area (Å²) < 4.78 is 8.73. The fourth-order valence-corrected chi connectivity index (χ4v) is 14.8. The van der Waals surface area contributed by atoms with E-state index < -0.39 is 5.60 Å². The maximum Gasteiger partial charge on any atom is 0.410 e. The molecule has 13 heteroatoms. The lowest BCUT2D eigenvalue weighted by Crippen LogP contribution is -2.50. The van der Waals surface area contributed by atoms with Gasteiger partial charge in [-0.25, -0.2) is 4.79 Å². The van der Waals surface area contributed by atoms with Gasteiger partial charge in [-0.1, -0.05) is 212 Å². The molecule has 1 amide bonds. The van der Waals surface area contributed by atoms with E-state index in [-0.39, 0.29) is 25.9 Å². The molecule has 0 atom stereocenters. The maximum absolute atomic E-state index is 12.4. The van der Waals surface area contributed by atoms with Crippen LogP contribution in [0.4, 0.5) is 21.9 Å². The first kappa shape index (κ1) is 77.8. The Morgan fingerprint density at radius 1 is 0.359 bits per heavy atom. The molecule has 0 aliphatic carbocycles. The number of anilines is 3. The van der Waals surface area contributed by atoms with Crippen molar-refractivity contribution in [1.29, 1.82) is 0 Å². The smallest absolute Gasteiger partial charge is 0.410 e. The number of aliphatic hydroxyl groups is 3. The summed E-state index contributed by atoms with van der Waals surface area (Å²) in [6, 6.07) is 84.7. The summed E-state index contributed by atoms with van der Waals surface area (Å²) in [6.45, 7) is 20.3. The fourth-order valence-electron chi connectivity index (χ4n) is 14.0. The zero-order valence-corrected chi connectivity index (χ0v) is 65.4. The number of halogens is 3. The van der Waals surface area contributed by atoms with Gasteiger partial charge in [0.2, 0.25) is 0 Å². The molecule has 9 aromatic rings. The molecular weight excluding hydrogens is 1470 g/mol. The minimum atomic E-state index is -0.486. The summed E-state index contributed by atoms with van der Waals surface area (Å²) in [7, 11) is 0. The lowest BCUT2D eigenvalue weighted by Gasteiger charge is -2.38. The van der Waals surface area contributed by atoms with Crippen LogP contribution in [0.25, 0.3) is 33.4 Å². The first-order valence-electron chi connectivity index (χ1n) is 36.8. The average molecular weight is 1570 g/mol. The number of carbonyl (C=O) groups excluding carboxylic acids is 1. The van der Waals surface area contributed by atoms with Crippen LogP contribution in [0.15, 0.2) is 250 Å². The number of piperazine rings is 2. The SMILES string of the molecule is CC(C)(C)OC(=O)N1CCN(c2ccc(/C(=C(/CCCO)c3ccccc3)c3ccc(Br)cc3)cc2)CC1.CC(C)N1CCN(c2ccc(/C(=C(/CCCO)c3ccccc3)c3ccc(Br)cc3)cc2)CC1.OCCC/C(=C(\c1ccc(Br)cc1)c1ccc(N2CCCCC2)cc1)c1ccccc1. The Hall–Kier alpha value is -7.85. The van der Waals surface area contributed by atoms with E-state index in [9.17, 15) is 20.1 Å². The number of allylic oxidation sites excluding steroid dienone is 3. The number of hydrogen-bond acceptors (Lipinski definition) is 9. The summed E-state index contributed by atoms with van der Waals surface area (Å²) in [5.41, 5.74) is 21.4. The predicted octanol–water partition coefficient (Wildman–Crippen LogP) is 21.1. The highest BCUT2D eigenvalue weighted by molar-refractivity contribution is 9.11. The van der Waals surface area contributed by atoms with Gasteiger partial charge in [0.15, 0.2) is 0 Å². The molecule has 12 rings (SSSR count). The van der Waals surface area contributed by atoms with Crippen molar-refractivity contribution < 1.29 is 24.9 Å². The van der Waals surface area contributed by atoms with E-state index in [1.807, 2.05) is 26.8 Å². The highest BCUT2D eigenvalue weighted by Crippen LogP contribution is 2.41. The van der Waals surface area contributed by atoms with Crippen molar-refractivity contribution in [2.45, 2.75) is 104 Å². The molecule has 3 aliphatic heterocycles. The highest BCUT2D eigenvalue weighted by Gasteiger charge is 2.27. The van der Waals surface area contributed by atoms with E-state index in [2.05, 4.69) is 312 Å². The Kier molecular flexibility index (Phi) is 29.7. The number of piperidine rings is 1. The number of hydrogen-bond donors (Lipinski definition) is 3. The number of rotatable bonds is 22. The van der Waals surface area contributed by atoms with Crippen LogP contribution < -0.4 is 14.7 Å². The topological polar surface area (TPSA) is 103 Å². The van der Waals surface area contributed by atoms with E-state index in [1.54, 1.807) is 4.90 Å². The first-order chi connectivity index (χ1) is 50.1. The third kappa shape index (κ3) is 22.3. The van der Waals surface area contributed by atoms with Crippen LogP contribution in [0.3, 0.4) is 0 Å². The summed E-state index contributed by atoms with van der Waals surface area (Å²) in [5.74, 6) is 0. The number of nitrogens with zero attached hydrogens (tertiary/aromatic N) is 5. The molecular formula is C90H102Br3N5O5. The monoisotopic (exact) mass is 1570 g/mol. The minimum Gasteiger partial charge on any atom is -0.444 e. The van der Waals surface area contributed by atoms with Crippen molar-refractivity contribution >= 4 is 104 Å². The van der Waals surface area contributed by atoms with Crippen LogP contribution >= 0.6 is 47.8 Å². The second kappa shape index (κ2) is 39.3. The Labute approximate surface area is 638 Å². The number of amides is 1. The molecule has 3 saturated heterocycles. The Morgan fingerprint density at radius 2 is 0.631 bits per heavy atom. The van der Waals surface area contributed by atoms with Gasteiger partial charge in [-0.15, -0.1) is 0 Å². The van der Waals surface area contributed by atoms with Gasteiger partial charge in [0.05, 0.1) is 0 Å². The molecule has 103 heavy (non-hydrogen) atoms.